The van der Waals surface area contributed by atoms with Crippen molar-refractivity contribution >= 4 is 35.4 Å². The van der Waals surface area contributed by atoms with Gasteiger partial charge in [-0.15, -0.1) is 0 Å². The first-order valence-corrected chi connectivity index (χ1v) is 35.8. The number of fused-ring (bicyclic) bond motifs is 2. The molecule has 0 aromatic rings. The number of ether oxygens (including phenoxy) is 3. The molecule has 2 bridgehead atoms. The molecule has 570 valence electrons. The predicted octanol–water partition coefficient (Wildman–Crippen LogP) is 6.74. The molecule has 14 N–H and O–H groups in total. The average molecular weight is 1410 g/mol. The smallest absolute Gasteiger partial charge is 0.338 e. The van der Waals surface area contributed by atoms with Crippen molar-refractivity contribution in [1.29, 1.82) is 0 Å². The van der Waals surface area contributed by atoms with E-state index in [1.807, 2.05) is 52.0 Å². The number of carbonyl (C=O) groups is 6. The average Bonchev–Trinajstić information content (AvgIpc) is 0.850. The normalized spacial score (nSPS) is 29.5. The van der Waals surface area contributed by atoms with Gasteiger partial charge in [0.2, 0.25) is 17.7 Å². The molecule has 2 heterocycles. The number of amides is 3. The second kappa shape index (κ2) is 44.2. The lowest BCUT2D eigenvalue weighted by Gasteiger charge is -2.38. The Morgan fingerprint density at radius 3 is 1.97 bits per heavy atom. The van der Waals surface area contributed by atoms with E-state index in [1.165, 1.54) is 38.2 Å². The molecule has 23 heteroatoms. The molecule has 0 radical (unpaired) electrons. The monoisotopic (exact) mass is 1410 g/mol. The number of cyclic esters (lactones) is 1. The second-order valence-electron chi connectivity index (χ2n) is 30.0. The molecule has 3 amide bonds. The topological polar surface area (TPSA) is 389 Å². The van der Waals surface area contributed by atoms with Gasteiger partial charge in [0.05, 0.1) is 85.1 Å². The number of nitrogens with one attached hydrogen (secondary N) is 3. The van der Waals surface area contributed by atoms with Gasteiger partial charge in [-0.1, -0.05) is 143 Å². The van der Waals surface area contributed by atoms with Crippen molar-refractivity contribution in [2.24, 2.45) is 58.7 Å². The van der Waals surface area contributed by atoms with Gasteiger partial charge in [-0.25, -0.2) is 9.59 Å². The van der Waals surface area contributed by atoms with Crippen molar-refractivity contribution < 1.29 is 99.1 Å². The van der Waals surface area contributed by atoms with Crippen molar-refractivity contribution in [2.45, 2.75) is 285 Å². The third kappa shape index (κ3) is 30.4. The van der Waals surface area contributed by atoms with Gasteiger partial charge < -0.3 is 86.3 Å². The number of hydrogen-bond acceptors (Lipinski definition) is 19. The van der Waals surface area contributed by atoms with Gasteiger partial charge in [0.25, 0.3) is 0 Å². The maximum atomic E-state index is 14.1. The molecule has 1 fully saturated rings. The number of carbonyl (C=O) groups excluding carboxylic acids is 5. The third-order valence-electron chi connectivity index (χ3n) is 19.6. The number of carboxylic acids is 1. The summed E-state index contributed by atoms with van der Waals surface area (Å²) >= 11 is 0. The zero-order valence-electron chi connectivity index (χ0n) is 62.7. The number of ketones is 1. The summed E-state index contributed by atoms with van der Waals surface area (Å²) in [5.41, 5.74) is 0.307. The van der Waals surface area contributed by atoms with Crippen LogP contribution in [0.2, 0.25) is 0 Å². The zero-order chi connectivity index (χ0) is 76.2. The lowest BCUT2D eigenvalue weighted by atomic mass is 9.77. The zero-order valence-corrected chi connectivity index (χ0v) is 62.7. The minimum Gasteiger partial charge on any atom is -0.480 e. The summed E-state index contributed by atoms with van der Waals surface area (Å²) < 4.78 is 18.0. The van der Waals surface area contributed by atoms with Crippen LogP contribution in [0, 0.1) is 58.7 Å². The summed E-state index contributed by atoms with van der Waals surface area (Å²) in [6.07, 6.45) is 7.67. The largest absolute Gasteiger partial charge is 0.480 e. The van der Waals surface area contributed by atoms with E-state index in [0.29, 0.717) is 42.4 Å². The molecule has 0 saturated carbocycles. The molecule has 0 aromatic heterocycles. The van der Waals surface area contributed by atoms with Crippen LogP contribution in [0.3, 0.4) is 0 Å². The molecule has 0 aromatic carbocycles. The number of allylic oxidation sites excluding steroid dienone is 7. The van der Waals surface area contributed by atoms with Crippen LogP contribution in [0.5, 0.6) is 0 Å². The van der Waals surface area contributed by atoms with Crippen LogP contribution in [0.4, 0.5) is 0 Å². The van der Waals surface area contributed by atoms with Crippen molar-refractivity contribution in [2.75, 3.05) is 7.11 Å². The molecule has 0 spiro atoms. The fourth-order valence-corrected chi connectivity index (χ4v) is 12.9. The van der Waals surface area contributed by atoms with E-state index in [0.717, 1.165) is 12.5 Å². The van der Waals surface area contributed by atoms with Gasteiger partial charge in [-0.3, -0.25) is 19.2 Å². The predicted molar refractivity (Wildman–Crippen MR) is 384 cm³/mol. The maximum absolute atomic E-state index is 14.1. The summed E-state index contributed by atoms with van der Waals surface area (Å²) in [4.78, 5) is 80.2. The molecule has 2 aliphatic heterocycles. The Morgan fingerprint density at radius 2 is 1.39 bits per heavy atom. The SMILES string of the molecule is COC1C=CC=CCCC=CC=CC(=O)NC(C(=O)O)C(O)C(=O)OC(C(NC(=O)C(C)C(O)CCC(C)C(O)C(C)=CC(C)C(O)C(CC(C)C)NC(=O)C=CC(C)(C)C(=O)C(C)C(O)C(C)C)C(C)O)CC(O)CC=C(C)C(O)C(C)C=C(C)C(O)C(C)C(O)CC2CC(C)CC1O2. The molecule has 100 heavy (non-hydrogen) atoms. The van der Waals surface area contributed by atoms with E-state index in [-0.39, 0.29) is 67.5 Å². The van der Waals surface area contributed by atoms with Crippen LogP contribution in [0.25, 0.3) is 0 Å². The highest BCUT2D eigenvalue weighted by Crippen LogP contribution is 2.34. The molecule has 0 aliphatic carbocycles. The number of methoxy groups -OCH3 is 1. The Bertz CT molecular complexity index is 2810. The number of hydrogen-bond donors (Lipinski definition) is 14. The van der Waals surface area contributed by atoms with Crippen LogP contribution in [0.15, 0.2) is 95.7 Å². The maximum Gasteiger partial charge on any atom is 0.338 e. The van der Waals surface area contributed by atoms with Gasteiger partial charge in [-0.05, 0) is 146 Å². The minimum absolute atomic E-state index is 0.0272. The highest BCUT2D eigenvalue weighted by Gasteiger charge is 2.41. The second-order valence-corrected chi connectivity index (χ2v) is 30.0. The molecule has 24 unspecified atom stereocenters. The van der Waals surface area contributed by atoms with Gasteiger partial charge >= 0.3 is 11.9 Å². The molecule has 2 aliphatic rings. The van der Waals surface area contributed by atoms with Gasteiger partial charge in [0.1, 0.15) is 18.0 Å². The van der Waals surface area contributed by atoms with Crippen molar-refractivity contribution in [1.82, 2.24) is 16.0 Å². The first-order chi connectivity index (χ1) is 46.6. The number of aliphatic carboxylic acids is 1. The van der Waals surface area contributed by atoms with Crippen molar-refractivity contribution in [3.8, 4) is 0 Å². The van der Waals surface area contributed by atoms with Crippen LogP contribution in [-0.4, -0.2) is 202 Å². The molecule has 1 saturated heterocycles. The van der Waals surface area contributed by atoms with Crippen molar-refractivity contribution in [3.63, 3.8) is 0 Å². The van der Waals surface area contributed by atoms with Crippen LogP contribution < -0.4 is 16.0 Å². The summed E-state index contributed by atoms with van der Waals surface area (Å²) in [7, 11) is 1.60. The number of aliphatic hydroxyl groups excluding tert-OH is 10. The Kier molecular flexibility index (Phi) is 40.0. The van der Waals surface area contributed by atoms with E-state index in [2.05, 4.69) is 22.9 Å². The Hall–Kier alpha value is -5.54. The van der Waals surface area contributed by atoms with Gasteiger partial charge in [0.15, 0.2) is 12.1 Å². The quantitative estimate of drug-likeness (QED) is 0.0270. The molecular formula is C77H127N3O20. The molecule has 24 atom stereocenters. The van der Waals surface area contributed by atoms with E-state index < -0.39 is 162 Å². The summed E-state index contributed by atoms with van der Waals surface area (Å²) in [6, 6.07) is -4.58. The first kappa shape index (κ1) is 90.5. The Morgan fingerprint density at radius 1 is 0.770 bits per heavy atom. The first-order valence-electron chi connectivity index (χ1n) is 35.8. The summed E-state index contributed by atoms with van der Waals surface area (Å²) in [5, 5.41) is 132. The highest BCUT2D eigenvalue weighted by atomic mass is 16.6. The lowest BCUT2D eigenvalue weighted by molar-refractivity contribution is -0.170. The number of Topliss-reactive ketones (excluding diaryl/α,β-unsaturated/α-hetero) is 1. The highest BCUT2D eigenvalue weighted by molar-refractivity contribution is 5.94. The van der Waals surface area contributed by atoms with Crippen LogP contribution >= 0.6 is 0 Å². The van der Waals surface area contributed by atoms with E-state index in [9.17, 15) is 84.9 Å². The van der Waals surface area contributed by atoms with E-state index in [1.54, 1.807) is 101 Å². The fraction of sp³-hybridized carbons (Fsp3) is 0.714. The fourth-order valence-electron chi connectivity index (χ4n) is 12.9. The van der Waals surface area contributed by atoms with E-state index in [4.69, 9.17) is 14.2 Å². The Balaban J connectivity index is 2.44. The number of rotatable bonds is 24. The van der Waals surface area contributed by atoms with Gasteiger partial charge in [0, 0.05) is 48.7 Å². The standard InChI is InChI=1S/C77H127N3O20/c1-42(2)35-57(78-64(86)33-34-77(16,17)73(93)53(14)67(87)43(3)4)71(91)50(11)39-48(9)69(89)46(7)30-32-58(83)52(13)74(94)80-65(54(15)81)62-40-55(82)31-29-45(6)68(88)47(8)38-49(10)70(90)51(12)59(84)41-56-36-44(5)37-61(99-56)60(98-18)27-25-23-21-19-20-22-24-26-28-63(85)79-66(75(95)96)72(92)76(97)100-62/h21-29,33-34,38-39,42-44,46-47,50-62,65-72,81-84,87-92H,19-20,30-32,35-37,40-41H2,1-18H3,(H,78,86)(H,79,85)(H,80,94)(H,95,96). The molecular weight excluding hydrogens is 1290 g/mol. The lowest BCUT2D eigenvalue weighted by Crippen LogP contribution is -2.57. The van der Waals surface area contributed by atoms with Crippen LogP contribution in [-0.2, 0) is 43.0 Å². The minimum atomic E-state index is -2.57. The number of aliphatic hydroxyl groups is 10. The summed E-state index contributed by atoms with van der Waals surface area (Å²) in [5.74, 6) is -10.0. The van der Waals surface area contributed by atoms with Crippen molar-refractivity contribution in [3.05, 3.63) is 95.7 Å². The number of carboxylic acid groups (broad SMARTS) is 1. The van der Waals surface area contributed by atoms with Gasteiger partial charge in [-0.2, -0.15) is 0 Å². The molecule has 2 rings (SSSR count). The Labute approximate surface area is 595 Å². The third-order valence-corrected chi connectivity index (χ3v) is 19.6. The summed E-state index contributed by atoms with van der Waals surface area (Å²) in [6.45, 7) is 29.2. The number of esters is 1. The van der Waals surface area contributed by atoms with E-state index >= 15 is 0 Å². The molecule has 23 nitrogen and oxygen atoms in total. The van der Waals surface area contributed by atoms with Crippen LogP contribution in [0.1, 0.15) is 182 Å².